The first kappa shape index (κ1) is 12.9. The van der Waals surface area contributed by atoms with Crippen LogP contribution in [-0.2, 0) is 9.47 Å². The van der Waals surface area contributed by atoms with E-state index in [0.717, 1.165) is 4.43 Å². The zero-order valence-electron chi connectivity index (χ0n) is 9.15. The molecule has 0 aliphatic carbocycles. The molecule has 0 bridgehead atoms. The van der Waals surface area contributed by atoms with Gasteiger partial charge in [0.05, 0.1) is 18.8 Å². The Labute approximate surface area is 105 Å². The average Bonchev–Trinajstić information content (AvgIpc) is 2.27. The fourth-order valence-electron chi connectivity index (χ4n) is 1.43. The summed E-state index contributed by atoms with van der Waals surface area (Å²) in [6.07, 6.45) is 0.298. The summed E-state index contributed by atoms with van der Waals surface area (Å²) in [5.41, 5.74) is 1.23. The molecule has 0 amide bonds. The number of hydrogen-bond acceptors (Lipinski definition) is 2. The van der Waals surface area contributed by atoms with Gasteiger partial charge in [0.1, 0.15) is 0 Å². The van der Waals surface area contributed by atoms with E-state index in [1.54, 1.807) is 7.11 Å². The summed E-state index contributed by atoms with van der Waals surface area (Å²) in [4.78, 5) is 0. The summed E-state index contributed by atoms with van der Waals surface area (Å²) in [7, 11) is 1.70. The molecule has 0 heterocycles. The lowest BCUT2D eigenvalue weighted by Crippen LogP contribution is -2.19. The van der Waals surface area contributed by atoms with Crippen molar-refractivity contribution in [2.75, 3.05) is 18.1 Å². The van der Waals surface area contributed by atoms with Crippen LogP contribution in [0.1, 0.15) is 18.6 Å². The van der Waals surface area contributed by atoms with Crippen LogP contribution in [0, 0.1) is 0 Å². The van der Waals surface area contributed by atoms with Crippen LogP contribution in [0.2, 0.25) is 0 Å². The standard InChI is InChI=1S/C12H17IO2/c1-10(9-14-2)15-12(8-13)11-6-4-3-5-7-11/h3-7,10,12H,8-9H2,1-2H3. The molecule has 0 spiro atoms. The van der Waals surface area contributed by atoms with Crippen LogP contribution in [0.3, 0.4) is 0 Å². The summed E-state index contributed by atoms with van der Waals surface area (Å²) in [6, 6.07) is 10.3. The Morgan fingerprint density at radius 2 is 1.93 bits per heavy atom. The minimum Gasteiger partial charge on any atom is -0.382 e. The van der Waals surface area contributed by atoms with Gasteiger partial charge in [-0.2, -0.15) is 0 Å². The second-order valence-electron chi connectivity index (χ2n) is 3.46. The summed E-state index contributed by atoms with van der Waals surface area (Å²) < 4.78 is 11.9. The highest BCUT2D eigenvalue weighted by Gasteiger charge is 2.13. The van der Waals surface area contributed by atoms with Crippen LogP contribution in [0.4, 0.5) is 0 Å². The zero-order chi connectivity index (χ0) is 11.1. The first-order valence-corrected chi connectivity index (χ1v) is 6.55. The Bertz CT molecular complexity index is 264. The van der Waals surface area contributed by atoms with Crippen molar-refractivity contribution in [1.29, 1.82) is 0 Å². The minimum absolute atomic E-state index is 0.134. The maximum absolute atomic E-state index is 5.89. The quantitative estimate of drug-likeness (QED) is 0.592. The second-order valence-corrected chi connectivity index (χ2v) is 4.34. The topological polar surface area (TPSA) is 18.5 Å². The Morgan fingerprint density at radius 3 is 2.47 bits per heavy atom. The van der Waals surface area contributed by atoms with E-state index in [-0.39, 0.29) is 12.2 Å². The molecule has 3 heteroatoms. The maximum Gasteiger partial charge on any atom is 0.0919 e. The van der Waals surface area contributed by atoms with Crippen molar-refractivity contribution in [2.45, 2.75) is 19.1 Å². The van der Waals surface area contributed by atoms with Crippen molar-refractivity contribution >= 4 is 22.6 Å². The Hall–Kier alpha value is -0.130. The molecular weight excluding hydrogens is 303 g/mol. The first-order chi connectivity index (χ1) is 7.27. The highest BCUT2D eigenvalue weighted by Crippen LogP contribution is 2.21. The molecule has 0 fully saturated rings. The molecule has 15 heavy (non-hydrogen) atoms. The van der Waals surface area contributed by atoms with Crippen LogP contribution in [0.15, 0.2) is 30.3 Å². The van der Waals surface area contributed by atoms with Gasteiger partial charge in [0, 0.05) is 11.5 Å². The van der Waals surface area contributed by atoms with Crippen LogP contribution < -0.4 is 0 Å². The van der Waals surface area contributed by atoms with E-state index in [4.69, 9.17) is 9.47 Å². The molecule has 0 radical (unpaired) electrons. The number of halogens is 1. The molecule has 1 aromatic carbocycles. The predicted molar refractivity (Wildman–Crippen MR) is 70.5 cm³/mol. The van der Waals surface area contributed by atoms with Gasteiger partial charge in [-0.15, -0.1) is 0 Å². The number of ether oxygens (including phenoxy) is 2. The van der Waals surface area contributed by atoms with Crippen LogP contribution in [-0.4, -0.2) is 24.2 Å². The molecule has 0 aromatic heterocycles. The zero-order valence-corrected chi connectivity index (χ0v) is 11.3. The van der Waals surface area contributed by atoms with E-state index in [1.807, 2.05) is 25.1 Å². The molecule has 1 aromatic rings. The van der Waals surface area contributed by atoms with Crippen LogP contribution in [0.5, 0.6) is 0 Å². The molecule has 0 aliphatic heterocycles. The van der Waals surface area contributed by atoms with Gasteiger partial charge >= 0.3 is 0 Å². The van der Waals surface area contributed by atoms with Crippen LogP contribution >= 0.6 is 22.6 Å². The Kier molecular flexibility index (Phi) is 6.20. The van der Waals surface area contributed by atoms with Gasteiger partial charge in [-0.3, -0.25) is 0 Å². The number of rotatable bonds is 6. The molecule has 0 aliphatic rings. The minimum atomic E-state index is 0.134. The van der Waals surface area contributed by atoms with Crippen molar-refractivity contribution in [3.63, 3.8) is 0 Å². The number of methoxy groups -OCH3 is 1. The lowest BCUT2D eigenvalue weighted by Gasteiger charge is -2.20. The van der Waals surface area contributed by atoms with Crippen molar-refractivity contribution in [2.24, 2.45) is 0 Å². The molecular formula is C12H17IO2. The maximum atomic E-state index is 5.89. The molecule has 2 unspecified atom stereocenters. The van der Waals surface area contributed by atoms with E-state index in [1.165, 1.54) is 5.56 Å². The Morgan fingerprint density at radius 1 is 1.27 bits per heavy atom. The molecule has 84 valence electrons. The lowest BCUT2D eigenvalue weighted by atomic mass is 10.1. The summed E-state index contributed by atoms with van der Waals surface area (Å²) in [5.74, 6) is 0. The van der Waals surface area contributed by atoms with E-state index in [2.05, 4.69) is 34.7 Å². The largest absolute Gasteiger partial charge is 0.382 e. The number of hydrogen-bond donors (Lipinski definition) is 0. The predicted octanol–water partition coefficient (Wildman–Crippen LogP) is 3.21. The smallest absolute Gasteiger partial charge is 0.0919 e. The Balaban J connectivity index is 2.56. The highest BCUT2D eigenvalue weighted by molar-refractivity contribution is 14.1. The van der Waals surface area contributed by atoms with Crippen LogP contribution in [0.25, 0.3) is 0 Å². The summed E-state index contributed by atoms with van der Waals surface area (Å²) >= 11 is 2.35. The summed E-state index contributed by atoms with van der Waals surface area (Å²) in [5, 5.41) is 0. The highest BCUT2D eigenvalue weighted by atomic mass is 127. The first-order valence-electron chi connectivity index (χ1n) is 5.03. The number of benzene rings is 1. The summed E-state index contributed by atoms with van der Waals surface area (Å²) in [6.45, 7) is 2.67. The van der Waals surface area contributed by atoms with Gasteiger partial charge in [-0.05, 0) is 12.5 Å². The van der Waals surface area contributed by atoms with Gasteiger partial charge in [-0.1, -0.05) is 52.9 Å². The van der Waals surface area contributed by atoms with Gasteiger partial charge in [0.25, 0.3) is 0 Å². The van der Waals surface area contributed by atoms with Gasteiger partial charge in [-0.25, -0.2) is 0 Å². The molecule has 1 rings (SSSR count). The van der Waals surface area contributed by atoms with Crippen molar-refractivity contribution in [3.8, 4) is 0 Å². The SMILES string of the molecule is COCC(C)OC(CI)c1ccccc1. The molecule has 0 saturated carbocycles. The van der Waals surface area contributed by atoms with E-state index < -0.39 is 0 Å². The average molecular weight is 320 g/mol. The van der Waals surface area contributed by atoms with Crippen molar-refractivity contribution in [1.82, 2.24) is 0 Å². The van der Waals surface area contributed by atoms with Gasteiger partial charge in [0.15, 0.2) is 0 Å². The number of alkyl halides is 1. The van der Waals surface area contributed by atoms with E-state index >= 15 is 0 Å². The van der Waals surface area contributed by atoms with E-state index in [0.29, 0.717) is 6.61 Å². The third kappa shape index (κ3) is 4.49. The van der Waals surface area contributed by atoms with Crippen molar-refractivity contribution in [3.05, 3.63) is 35.9 Å². The van der Waals surface area contributed by atoms with Gasteiger partial charge in [0.2, 0.25) is 0 Å². The lowest BCUT2D eigenvalue weighted by molar-refractivity contribution is -0.0291. The molecule has 0 N–H and O–H groups in total. The fraction of sp³-hybridized carbons (Fsp3) is 0.500. The third-order valence-corrected chi connectivity index (χ3v) is 2.91. The monoisotopic (exact) mass is 320 g/mol. The van der Waals surface area contributed by atoms with Gasteiger partial charge < -0.3 is 9.47 Å². The molecule has 2 atom stereocenters. The van der Waals surface area contributed by atoms with Crippen molar-refractivity contribution < 1.29 is 9.47 Å². The molecule has 0 saturated heterocycles. The third-order valence-electron chi connectivity index (χ3n) is 2.11. The fourth-order valence-corrected chi connectivity index (χ4v) is 2.14. The molecule has 2 nitrogen and oxygen atoms in total. The van der Waals surface area contributed by atoms with E-state index in [9.17, 15) is 0 Å². The normalized spacial score (nSPS) is 14.9. The second kappa shape index (κ2) is 7.19.